The first-order valence-electron chi connectivity index (χ1n) is 7.77. The first-order valence-corrected chi connectivity index (χ1v) is 7.77. The zero-order chi connectivity index (χ0) is 15.7. The number of fused-ring (bicyclic) bond motifs is 1. The molecule has 0 N–H and O–H groups in total. The minimum absolute atomic E-state index is 0.0719. The quantitative estimate of drug-likeness (QED) is 0.861. The Balaban J connectivity index is 1.79. The highest BCUT2D eigenvalue weighted by Crippen LogP contribution is 2.33. The Bertz CT molecular complexity index is 558. The molecule has 2 heterocycles. The first-order chi connectivity index (χ1) is 10.4. The van der Waals surface area contributed by atoms with Crippen LogP contribution in [0.25, 0.3) is 0 Å². The van der Waals surface area contributed by atoms with Crippen molar-refractivity contribution < 1.29 is 19.0 Å². The molecule has 1 aromatic rings. The Kier molecular flexibility index (Phi) is 4.00. The number of carbonyl (C=O) groups is 1. The average Bonchev–Trinajstić information content (AvgIpc) is 3.13. The van der Waals surface area contributed by atoms with Crippen molar-refractivity contribution in [1.29, 1.82) is 0 Å². The maximum Gasteiger partial charge on any atom is 0.252 e. The van der Waals surface area contributed by atoms with Gasteiger partial charge in [-0.3, -0.25) is 4.79 Å². The molecule has 0 unspecified atom stereocenters. The third-order valence-corrected chi connectivity index (χ3v) is 4.06. The molecule has 22 heavy (non-hydrogen) atoms. The fourth-order valence-electron chi connectivity index (χ4n) is 2.81. The van der Waals surface area contributed by atoms with Gasteiger partial charge in [0.25, 0.3) is 5.91 Å². The molecule has 1 atom stereocenters. The summed E-state index contributed by atoms with van der Waals surface area (Å²) in [6.45, 7) is 7.63. The predicted octanol–water partition coefficient (Wildman–Crippen LogP) is 2.72. The molecule has 1 aromatic carbocycles. The van der Waals surface area contributed by atoms with Gasteiger partial charge in [-0.2, -0.15) is 0 Å². The molecule has 1 amide bonds. The van der Waals surface area contributed by atoms with E-state index in [1.807, 2.05) is 43.9 Å². The highest BCUT2D eigenvalue weighted by Gasteiger charge is 2.34. The van der Waals surface area contributed by atoms with Crippen LogP contribution < -0.4 is 9.47 Å². The van der Waals surface area contributed by atoms with E-state index in [0.717, 1.165) is 29.9 Å². The molecule has 2 aliphatic rings. The van der Waals surface area contributed by atoms with Gasteiger partial charge in [-0.25, -0.2) is 0 Å². The van der Waals surface area contributed by atoms with E-state index in [2.05, 4.69) is 0 Å². The average molecular weight is 305 g/mol. The van der Waals surface area contributed by atoms with Gasteiger partial charge in [0.15, 0.2) is 11.5 Å². The van der Waals surface area contributed by atoms with Gasteiger partial charge in [-0.1, -0.05) is 6.07 Å². The summed E-state index contributed by atoms with van der Waals surface area (Å²) in [6.07, 6.45) is 1.47. The zero-order valence-electron chi connectivity index (χ0n) is 13.4. The molecule has 1 saturated heterocycles. The van der Waals surface area contributed by atoms with Gasteiger partial charge in [0, 0.05) is 18.7 Å². The van der Waals surface area contributed by atoms with Gasteiger partial charge in [0.1, 0.15) is 6.10 Å². The maximum atomic E-state index is 12.8. The number of benzene rings is 1. The third kappa shape index (κ3) is 3.04. The fourth-order valence-corrected chi connectivity index (χ4v) is 2.81. The minimum atomic E-state index is -0.298. The van der Waals surface area contributed by atoms with Crippen LogP contribution >= 0.6 is 0 Å². The molecule has 0 aromatic heterocycles. The molecule has 0 spiro atoms. The van der Waals surface area contributed by atoms with Crippen LogP contribution in [0.2, 0.25) is 0 Å². The molecule has 5 heteroatoms. The van der Waals surface area contributed by atoms with Crippen LogP contribution in [0.15, 0.2) is 18.2 Å². The Morgan fingerprint density at radius 1 is 1.27 bits per heavy atom. The Morgan fingerprint density at radius 2 is 2.05 bits per heavy atom. The highest BCUT2D eigenvalue weighted by molar-refractivity contribution is 5.81. The predicted molar refractivity (Wildman–Crippen MR) is 81.8 cm³/mol. The molecule has 120 valence electrons. The fraction of sp³-hybridized carbons (Fsp3) is 0.588. The van der Waals surface area contributed by atoms with E-state index < -0.39 is 0 Å². The molecule has 0 saturated carbocycles. The lowest BCUT2D eigenvalue weighted by Crippen LogP contribution is -2.49. The van der Waals surface area contributed by atoms with Gasteiger partial charge < -0.3 is 19.1 Å². The van der Waals surface area contributed by atoms with E-state index in [-0.39, 0.29) is 24.3 Å². The van der Waals surface area contributed by atoms with Crippen molar-refractivity contribution in [2.24, 2.45) is 0 Å². The molecule has 0 radical (unpaired) electrons. The second-order valence-electron chi connectivity index (χ2n) is 6.78. The lowest BCUT2D eigenvalue weighted by atomic mass is 10.0. The van der Waals surface area contributed by atoms with Crippen molar-refractivity contribution >= 4 is 5.91 Å². The summed E-state index contributed by atoms with van der Waals surface area (Å²) in [7, 11) is 0. The molecule has 5 nitrogen and oxygen atoms in total. The molecule has 0 aliphatic carbocycles. The smallest absolute Gasteiger partial charge is 0.252 e. The SMILES string of the molecule is CC(C)(C)N(Cc1ccc2c(c1)OCO2)C(=O)[C@H]1CCCO1. The Labute approximate surface area is 131 Å². The Morgan fingerprint density at radius 3 is 2.73 bits per heavy atom. The van der Waals surface area contributed by atoms with Crippen molar-refractivity contribution in [3.05, 3.63) is 23.8 Å². The highest BCUT2D eigenvalue weighted by atomic mass is 16.7. The molecular formula is C17H23NO4. The van der Waals surface area contributed by atoms with E-state index >= 15 is 0 Å². The summed E-state index contributed by atoms with van der Waals surface area (Å²) >= 11 is 0. The maximum absolute atomic E-state index is 12.8. The number of hydrogen-bond donors (Lipinski definition) is 0. The lowest BCUT2D eigenvalue weighted by Gasteiger charge is -2.37. The van der Waals surface area contributed by atoms with Crippen LogP contribution in [0, 0.1) is 0 Å². The van der Waals surface area contributed by atoms with Crippen LogP contribution in [-0.2, 0) is 16.1 Å². The summed E-state index contributed by atoms with van der Waals surface area (Å²) in [4.78, 5) is 14.7. The number of ether oxygens (including phenoxy) is 3. The van der Waals surface area contributed by atoms with Crippen molar-refractivity contribution in [2.75, 3.05) is 13.4 Å². The summed E-state index contributed by atoms with van der Waals surface area (Å²) in [6, 6.07) is 5.83. The van der Waals surface area contributed by atoms with Crippen molar-refractivity contribution in [1.82, 2.24) is 4.90 Å². The van der Waals surface area contributed by atoms with Gasteiger partial charge in [-0.15, -0.1) is 0 Å². The minimum Gasteiger partial charge on any atom is -0.454 e. The second kappa shape index (κ2) is 5.80. The molecule has 0 bridgehead atoms. The van der Waals surface area contributed by atoms with E-state index in [4.69, 9.17) is 14.2 Å². The van der Waals surface area contributed by atoms with Gasteiger partial charge >= 0.3 is 0 Å². The molecular weight excluding hydrogens is 282 g/mol. The van der Waals surface area contributed by atoms with Crippen LogP contribution in [0.1, 0.15) is 39.2 Å². The molecule has 3 rings (SSSR count). The van der Waals surface area contributed by atoms with Crippen LogP contribution in [-0.4, -0.2) is 35.8 Å². The van der Waals surface area contributed by atoms with Crippen molar-refractivity contribution in [2.45, 2.75) is 51.8 Å². The normalized spacial score (nSPS) is 20.2. The molecule has 1 fully saturated rings. The zero-order valence-corrected chi connectivity index (χ0v) is 13.4. The standard InChI is InChI=1S/C17H23NO4/c1-17(2,3)18(16(19)14-5-4-8-20-14)10-12-6-7-13-15(9-12)22-11-21-13/h6-7,9,14H,4-5,8,10-11H2,1-3H3/t14-/m1/s1. The Hall–Kier alpha value is -1.75. The van der Waals surface area contributed by atoms with E-state index in [9.17, 15) is 4.79 Å². The van der Waals surface area contributed by atoms with E-state index in [0.29, 0.717) is 13.2 Å². The summed E-state index contributed by atoms with van der Waals surface area (Å²) in [5, 5.41) is 0. The number of amides is 1. The number of hydrogen-bond acceptors (Lipinski definition) is 4. The van der Waals surface area contributed by atoms with E-state index in [1.54, 1.807) is 0 Å². The van der Waals surface area contributed by atoms with Crippen LogP contribution in [0.4, 0.5) is 0 Å². The summed E-state index contributed by atoms with van der Waals surface area (Å²) in [5.41, 5.74) is 0.768. The van der Waals surface area contributed by atoms with E-state index in [1.165, 1.54) is 0 Å². The first kappa shape index (κ1) is 15.2. The van der Waals surface area contributed by atoms with Gasteiger partial charge in [0.05, 0.1) is 0 Å². The number of carbonyl (C=O) groups excluding carboxylic acids is 1. The van der Waals surface area contributed by atoms with Crippen LogP contribution in [0.5, 0.6) is 11.5 Å². The largest absolute Gasteiger partial charge is 0.454 e. The number of nitrogens with zero attached hydrogens (tertiary/aromatic N) is 1. The summed E-state index contributed by atoms with van der Waals surface area (Å²) in [5.74, 6) is 1.58. The van der Waals surface area contributed by atoms with Gasteiger partial charge in [-0.05, 0) is 51.3 Å². The second-order valence-corrected chi connectivity index (χ2v) is 6.78. The van der Waals surface area contributed by atoms with Gasteiger partial charge in [0.2, 0.25) is 6.79 Å². The number of rotatable bonds is 3. The summed E-state index contributed by atoms with van der Waals surface area (Å²) < 4.78 is 16.3. The third-order valence-electron chi connectivity index (χ3n) is 4.06. The topological polar surface area (TPSA) is 48.0 Å². The van der Waals surface area contributed by atoms with Crippen LogP contribution in [0.3, 0.4) is 0 Å². The lowest BCUT2D eigenvalue weighted by molar-refractivity contribution is -0.146. The van der Waals surface area contributed by atoms with Crippen molar-refractivity contribution in [3.63, 3.8) is 0 Å². The van der Waals surface area contributed by atoms with Crippen molar-refractivity contribution in [3.8, 4) is 11.5 Å². The monoisotopic (exact) mass is 305 g/mol. The molecule has 2 aliphatic heterocycles.